The van der Waals surface area contributed by atoms with E-state index < -0.39 is 0 Å². The van der Waals surface area contributed by atoms with Crippen LogP contribution in [0, 0.1) is 0 Å². The molecule has 6 aromatic rings. The van der Waals surface area contributed by atoms with E-state index >= 15 is 0 Å². The van der Waals surface area contributed by atoms with Crippen molar-refractivity contribution in [3.05, 3.63) is 179 Å². The zero-order valence-corrected chi connectivity index (χ0v) is 46.3. The second-order valence-electron chi connectivity index (χ2n) is 16.7. The minimum Gasteiger partial charge on any atom is -0.497 e. The number of ether oxygens (including phenoxy) is 6. The standard InChI is InChI=1S/3C17H20O2.2C3H8.CH4.I2/c3*1-17(2,13-5-9-15(18-3)10-6-13)14-7-11-16(19-4)12-8-14;2*1-3-2;;1-2/h3*5-12H,1-4H3;2*3H2,1-2H3;1H4;. The van der Waals surface area contributed by atoms with Gasteiger partial charge >= 0.3 is 0 Å². The highest BCUT2D eigenvalue weighted by molar-refractivity contribution is 15.0. The third kappa shape index (κ3) is 19.1. The largest absolute Gasteiger partial charge is 0.497 e. The average molecular weight is 1130 g/mol. The van der Waals surface area contributed by atoms with Gasteiger partial charge in [-0.25, -0.2) is 0 Å². The summed E-state index contributed by atoms with van der Waals surface area (Å²) in [5.41, 5.74) is 7.45. The predicted octanol–water partition coefficient (Wildman–Crippen LogP) is 17.3. The van der Waals surface area contributed by atoms with Crippen LogP contribution in [0.25, 0.3) is 0 Å². The first-order valence-electron chi connectivity index (χ1n) is 22.1. The second kappa shape index (κ2) is 32.3. The van der Waals surface area contributed by atoms with Gasteiger partial charge in [-0.05, 0) is 106 Å². The molecule has 8 heteroatoms. The Balaban J connectivity index is 0.000000881. The lowest BCUT2D eigenvalue weighted by Gasteiger charge is -2.26. The van der Waals surface area contributed by atoms with E-state index in [1.54, 1.807) is 42.7 Å². The van der Waals surface area contributed by atoms with Crippen molar-refractivity contribution >= 4 is 37.2 Å². The van der Waals surface area contributed by atoms with Crippen molar-refractivity contribution in [2.75, 3.05) is 42.7 Å². The Morgan fingerprint density at radius 3 is 0.439 bits per heavy atom. The lowest BCUT2D eigenvalue weighted by atomic mass is 9.78. The van der Waals surface area contributed by atoms with E-state index in [4.69, 9.17) is 28.4 Å². The van der Waals surface area contributed by atoms with E-state index in [2.05, 4.69) is 179 Å². The monoisotopic (exact) mass is 1130 g/mol. The van der Waals surface area contributed by atoms with Crippen molar-refractivity contribution < 1.29 is 28.4 Å². The summed E-state index contributed by atoms with van der Waals surface area (Å²) in [7, 11) is 10.1. The Labute approximate surface area is 424 Å². The van der Waals surface area contributed by atoms with Gasteiger partial charge in [0, 0.05) is 53.5 Å². The van der Waals surface area contributed by atoms with Gasteiger partial charge in [0.05, 0.1) is 42.7 Å². The Hall–Kier alpha value is -4.42. The van der Waals surface area contributed by atoms with E-state index in [0.717, 1.165) is 34.5 Å². The van der Waals surface area contributed by atoms with Gasteiger partial charge in [-0.2, -0.15) is 0 Å². The number of rotatable bonds is 12. The van der Waals surface area contributed by atoms with Crippen molar-refractivity contribution in [1.29, 1.82) is 0 Å². The van der Waals surface area contributed by atoms with E-state index in [0.29, 0.717) is 0 Å². The zero-order valence-electron chi connectivity index (χ0n) is 42.0. The summed E-state index contributed by atoms with van der Waals surface area (Å²) < 4.78 is 31.2. The summed E-state index contributed by atoms with van der Waals surface area (Å²) in [5, 5.41) is 0. The molecule has 0 aromatic heterocycles. The molecule has 6 nitrogen and oxygen atoms in total. The van der Waals surface area contributed by atoms with Crippen LogP contribution in [0.2, 0.25) is 0 Å². The van der Waals surface area contributed by atoms with Crippen LogP contribution in [0.5, 0.6) is 34.5 Å². The maximum Gasteiger partial charge on any atom is 0.118 e. The molecule has 0 radical (unpaired) electrons. The third-order valence-electron chi connectivity index (χ3n) is 10.9. The van der Waals surface area contributed by atoms with Crippen LogP contribution in [-0.2, 0) is 16.2 Å². The molecule has 0 saturated heterocycles. The fraction of sp³-hybridized carbons (Fsp3) is 0.379. The van der Waals surface area contributed by atoms with Crippen LogP contribution < -0.4 is 28.4 Å². The number of benzene rings is 6. The molecule has 0 amide bonds. The van der Waals surface area contributed by atoms with Crippen LogP contribution in [0.15, 0.2) is 146 Å². The normalized spacial score (nSPS) is 10.3. The molecule has 6 aromatic carbocycles. The van der Waals surface area contributed by atoms with Gasteiger partial charge in [-0.3, -0.25) is 0 Å². The molecular formula is C58H80I2O6. The maximum absolute atomic E-state index is 5.20. The Morgan fingerprint density at radius 1 is 0.273 bits per heavy atom. The molecule has 0 fully saturated rings. The quantitative estimate of drug-likeness (QED) is 0.114. The van der Waals surface area contributed by atoms with Gasteiger partial charge < -0.3 is 28.4 Å². The van der Waals surface area contributed by atoms with Crippen LogP contribution >= 0.6 is 37.2 Å². The van der Waals surface area contributed by atoms with Crippen LogP contribution in [0.1, 0.15) is 123 Å². The molecule has 0 unspecified atom stereocenters. The Bertz CT molecular complexity index is 1720. The zero-order chi connectivity index (χ0) is 49.1. The average Bonchev–Trinajstić information content (AvgIpc) is 3.35. The minimum absolute atomic E-state index is 0. The van der Waals surface area contributed by atoms with Gasteiger partial charge in [0.2, 0.25) is 0 Å². The van der Waals surface area contributed by atoms with E-state index in [1.165, 1.54) is 46.2 Å². The molecule has 362 valence electrons. The van der Waals surface area contributed by atoms with E-state index in [1.807, 2.05) is 72.8 Å². The van der Waals surface area contributed by atoms with Crippen molar-refractivity contribution in [2.24, 2.45) is 0 Å². The highest BCUT2D eigenvalue weighted by atomic mass is 128. The van der Waals surface area contributed by atoms with Crippen LogP contribution in [0.3, 0.4) is 0 Å². The number of halogens is 2. The Kier molecular flexibility index (Phi) is 30.1. The van der Waals surface area contributed by atoms with Gasteiger partial charge in [0.15, 0.2) is 0 Å². The van der Waals surface area contributed by atoms with Crippen LogP contribution in [-0.4, -0.2) is 42.7 Å². The van der Waals surface area contributed by atoms with Crippen LogP contribution in [0.4, 0.5) is 0 Å². The SMILES string of the molecule is C.CCC.CCC.COc1ccc(C(C)(C)c2ccc(OC)cc2)cc1.COc1ccc(C(C)(C)c2ccc(OC)cc2)cc1.COc1ccc(C(C)(C)c2ccc(OC)cc2)cc1.II. The maximum atomic E-state index is 5.20. The lowest BCUT2D eigenvalue weighted by molar-refractivity contribution is 0.413. The van der Waals surface area contributed by atoms with Gasteiger partial charge in [-0.15, -0.1) is 0 Å². The Morgan fingerprint density at radius 2 is 0.364 bits per heavy atom. The van der Waals surface area contributed by atoms with Crippen molar-refractivity contribution in [3.8, 4) is 34.5 Å². The third-order valence-corrected chi connectivity index (χ3v) is 10.9. The summed E-state index contributed by atoms with van der Waals surface area (Å²) >= 11 is 4.24. The first kappa shape index (κ1) is 61.6. The molecule has 0 spiro atoms. The molecule has 0 aliphatic carbocycles. The summed E-state index contributed by atoms with van der Waals surface area (Å²) in [4.78, 5) is 0. The minimum atomic E-state index is -0.0431. The lowest BCUT2D eigenvalue weighted by Crippen LogP contribution is -2.18. The molecule has 0 bridgehead atoms. The van der Waals surface area contributed by atoms with Crippen molar-refractivity contribution in [1.82, 2.24) is 0 Å². The van der Waals surface area contributed by atoms with Gasteiger partial charge in [0.1, 0.15) is 34.5 Å². The number of hydrogen-bond donors (Lipinski definition) is 0. The molecule has 0 heterocycles. The van der Waals surface area contributed by atoms with Gasteiger partial charge in [-0.1, -0.05) is 162 Å². The molecular weight excluding hydrogens is 1050 g/mol. The van der Waals surface area contributed by atoms with E-state index in [-0.39, 0.29) is 23.7 Å². The highest BCUT2D eigenvalue weighted by Gasteiger charge is 2.25. The summed E-state index contributed by atoms with van der Waals surface area (Å²) in [5.74, 6) is 5.30. The molecule has 0 aliphatic heterocycles. The number of methoxy groups -OCH3 is 6. The smallest absolute Gasteiger partial charge is 0.118 e. The second-order valence-corrected chi connectivity index (χ2v) is 16.7. The van der Waals surface area contributed by atoms with Crippen molar-refractivity contribution in [3.63, 3.8) is 0 Å². The van der Waals surface area contributed by atoms with E-state index in [9.17, 15) is 0 Å². The fourth-order valence-corrected chi connectivity index (χ4v) is 6.55. The number of hydrogen-bond acceptors (Lipinski definition) is 6. The topological polar surface area (TPSA) is 55.4 Å². The molecule has 0 aliphatic rings. The predicted molar refractivity (Wildman–Crippen MR) is 301 cm³/mol. The molecule has 0 saturated carbocycles. The summed E-state index contributed by atoms with van der Waals surface area (Å²) in [6.07, 6.45) is 2.50. The molecule has 0 atom stereocenters. The van der Waals surface area contributed by atoms with Gasteiger partial charge in [0.25, 0.3) is 0 Å². The molecule has 6 rings (SSSR count). The van der Waals surface area contributed by atoms with Crippen molar-refractivity contribution in [2.45, 2.75) is 106 Å². The summed E-state index contributed by atoms with van der Waals surface area (Å²) in [6, 6.07) is 49.4. The summed E-state index contributed by atoms with van der Waals surface area (Å²) in [6.45, 7) is 21.8. The highest BCUT2D eigenvalue weighted by Crippen LogP contribution is 2.36. The molecule has 66 heavy (non-hydrogen) atoms. The fourth-order valence-electron chi connectivity index (χ4n) is 6.55. The first-order valence-corrected chi connectivity index (χ1v) is 28.4. The molecule has 0 N–H and O–H groups in total. The first-order chi connectivity index (χ1) is 31.1.